The summed E-state index contributed by atoms with van der Waals surface area (Å²) < 4.78 is 8.98. The number of aromatic nitrogens is 4. The zero-order valence-electron chi connectivity index (χ0n) is 18.7. The van der Waals surface area contributed by atoms with Gasteiger partial charge < -0.3 is 10.1 Å². The van der Waals surface area contributed by atoms with Gasteiger partial charge >= 0.3 is 5.97 Å². The fraction of sp³-hybridized carbons (Fsp3) is 0.250. The van der Waals surface area contributed by atoms with E-state index in [0.29, 0.717) is 23.8 Å². The molecule has 3 aromatic heterocycles. The van der Waals surface area contributed by atoms with Crippen LogP contribution >= 0.6 is 11.8 Å². The number of hydrogen-bond donors (Lipinski definition) is 1. The highest BCUT2D eigenvalue weighted by atomic mass is 32.2. The molecule has 9 heteroatoms. The Morgan fingerprint density at radius 3 is 2.61 bits per heavy atom. The number of imidazole rings is 1. The van der Waals surface area contributed by atoms with Gasteiger partial charge in [-0.15, -0.1) is 0 Å². The number of pyridine rings is 1. The Morgan fingerprint density at radius 2 is 1.85 bits per heavy atom. The maximum absolute atomic E-state index is 12.6. The molecule has 1 N–H and O–H groups in total. The molecule has 0 aliphatic heterocycles. The number of nitrogens with one attached hydrogen (secondary N) is 1. The smallest absolute Gasteiger partial charge is 0.359 e. The molecular formula is C24H25N5O3S. The Bertz CT molecular complexity index is 1300. The number of carbonyl (C=O) groups excluding carboxylic acids is 2. The van der Waals surface area contributed by atoms with Crippen LogP contribution in [0.1, 0.15) is 33.0 Å². The zero-order chi connectivity index (χ0) is 23.4. The van der Waals surface area contributed by atoms with Crippen molar-refractivity contribution in [3.05, 3.63) is 82.9 Å². The fourth-order valence-corrected chi connectivity index (χ4v) is 4.18. The first-order valence-corrected chi connectivity index (χ1v) is 11.7. The number of ether oxygens (including phenoxy) is 1. The number of hydrogen-bond acceptors (Lipinski definition) is 6. The first-order chi connectivity index (χ1) is 16.0. The lowest BCUT2D eigenvalue weighted by atomic mass is 10.2. The Morgan fingerprint density at radius 1 is 1.09 bits per heavy atom. The van der Waals surface area contributed by atoms with E-state index in [2.05, 4.69) is 27.5 Å². The van der Waals surface area contributed by atoms with Gasteiger partial charge in [-0.25, -0.2) is 9.78 Å². The summed E-state index contributed by atoms with van der Waals surface area (Å²) in [7, 11) is 0. The van der Waals surface area contributed by atoms with E-state index in [-0.39, 0.29) is 18.2 Å². The van der Waals surface area contributed by atoms with Gasteiger partial charge in [0.25, 0.3) is 5.91 Å². The highest BCUT2D eigenvalue weighted by Gasteiger charge is 2.20. The number of nitrogens with zero attached hydrogens (tertiary/aromatic N) is 4. The molecule has 0 spiro atoms. The molecule has 0 radical (unpaired) electrons. The van der Waals surface area contributed by atoms with Gasteiger partial charge in [-0.2, -0.15) is 5.10 Å². The second kappa shape index (κ2) is 9.91. The molecule has 0 unspecified atom stereocenters. The molecule has 0 aliphatic rings. The molecule has 0 bridgehead atoms. The molecule has 4 rings (SSSR count). The Kier molecular flexibility index (Phi) is 6.79. The minimum absolute atomic E-state index is 0.196. The minimum Gasteiger partial charge on any atom is -0.451 e. The number of benzene rings is 1. The standard InChI is InChI=1S/C24H25N5O3S/c1-16-19(17(2)29(27-16)14-18-9-5-4-6-10-18)13-25-21(30)15-32-23(31)22-20-11-7-8-12-28(20)24(26-22)33-3/h4-12H,13-15H2,1-3H3,(H,25,30). The second-order valence-corrected chi connectivity index (χ2v) is 8.32. The summed E-state index contributed by atoms with van der Waals surface area (Å²) in [5, 5.41) is 8.10. The maximum atomic E-state index is 12.6. The van der Waals surface area contributed by atoms with Crippen LogP contribution < -0.4 is 5.32 Å². The summed E-state index contributed by atoms with van der Waals surface area (Å²) in [5.74, 6) is -1.01. The van der Waals surface area contributed by atoms with E-state index in [1.165, 1.54) is 11.8 Å². The predicted octanol–water partition coefficient (Wildman–Crippen LogP) is 3.39. The number of thioether (sulfide) groups is 1. The molecule has 1 aromatic carbocycles. The fourth-order valence-electron chi connectivity index (χ4n) is 3.64. The van der Waals surface area contributed by atoms with Gasteiger partial charge in [-0.1, -0.05) is 48.2 Å². The van der Waals surface area contributed by atoms with Crippen LogP contribution in [-0.4, -0.2) is 43.9 Å². The third-order valence-corrected chi connectivity index (χ3v) is 6.05. The van der Waals surface area contributed by atoms with Gasteiger partial charge in [0.2, 0.25) is 0 Å². The number of amides is 1. The van der Waals surface area contributed by atoms with E-state index in [4.69, 9.17) is 4.74 Å². The predicted molar refractivity (Wildman–Crippen MR) is 126 cm³/mol. The average Bonchev–Trinajstić information content (AvgIpc) is 3.33. The zero-order valence-corrected chi connectivity index (χ0v) is 19.6. The normalized spacial score (nSPS) is 11.0. The van der Waals surface area contributed by atoms with Crippen molar-refractivity contribution in [3.8, 4) is 0 Å². The number of rotatable bonds is 8. The average molecular weight is 464 g/mol. The molecule has 33 heavy (non-hydrogen) atoms. The molecule has 8 nitrogen and oxygen atoms in total. The molecule has 4 aromatic rings. The molecule has 0 aliphatic carbocycles. The molecule has 0 saturated carbocycles. The van der Waals surface area contributed by atoms with E-state index in [1.807, 2.05) is 65.7 Å². The Balaban J connectivity index is 1.35. The van der Waals surface area contributed by atoms with Crippen molar-refractivity contribution >= 4 is 29.2 Å². The first-order valence-electron chi connectivity index (χ1n) is 10.5. The van der Waals surface area contributed by atoms with Crippen LogP contribution in [0.3, 0.4) is 0 Å². The highest BCUT2D eigenvalue weighted by molar-refractivity contribution is 7.98. The molecule has 170 valence electrons. The summed E-state index contributed by atoms with van der Waals surface area (Å²) in [5.41, 5.74) is 4.79. The summed E-state index contributed by atoms with van der Waals surface area (Å²) in [4.78, 5) is 29.3. The second-order valence-electron chi connectivity index (χ2n) is 7.55. The van der Waals surface area contributed by atoms with Crippen LogP contribution in [0.4, 0.5) is 0 Å². The summed E-state index contributed by atoms with van der Waals surface area (Å²) in [6.45, 7) is 4.50. The lowest BCUT2D eigenvalue weighted by Gasteiger charge is -2.08. The maximum Gasteiger partial charge on any atom is 0.359 e. The third-order valence-electron chi connectivity index (χ3n) is 5.40. The van der Waals surface area contributed by atoms with Crippen molar-refractivity contribution in [1.82, 2.24) is 24.5 Å². The van der Waals surface area contributed by atoms with Crippen molar-refractivity contribution in [2.45, 2.75) is 32.1 Å². The van der Waals surface area contributed by atoms with Crippen molar-refractivity contribution in [2.75, 3.05) is 12.9 Å². The van der Waals surface area contributed by atoms with Crippen LogP contribution in [0.5, 0.6) is 0 Å². The first kappa shape index (κ1) is 22.6. The van der Waals surface area contributed by atoms with Crippen LogP contribution in [0.15, 0.2) is 59.9 Å². The van der Waals surface area contributed by atoms with E-state index in [0.717, 1.165) is 22.5 Å². The topological polar surface area (TPSA) is 90.5 Å². The van der Waals surface area contributed by atoms with Gasteiger partial charge in [-0.3, -0.25) is 13.9 Å². The number of aryl methyl sites for hydroxylation is 1. The van der Waals surface area contributed by atoms with E-state index in [9.17, 15) is 9.59 Å². The van der Waals surface area contributed by atoms with Gasteiger partial charge in [0.15, 0.2) is 17.5 Å². The molecule has 0 saturated heterocycles. The van der Waals surface area contributed by atoms with Crippen molar-refractivity contribution in [3.63, 3.8) is 0 Å². The summed E-state index contributed by atoms with van der Waals surface area (Å²) in [6.07, 6.45) is 3.72. The minimum atomic E-state index is -0.628. The number of carbonyl (C=O) groups is 2. The molecular weight excluding hydrogens is 438 g/mol. The van der Waals surface area contributed by atoms with Crippen LogP contribution in [0, 0.1) is 13.8 Å². The van der Waals surface area contributed by atoms with Gasteiger partial charge in [0.05, 0.1) is 17.8 Å². The Labute approximate surface area is 196 Å². The molecule has 0 atom stereocenters. The van der Waals surface area contributed by atoms with E-state index in [1.54, 1.807) is 6.07 Å². The largest absolute Gasteiger partial charge is 0.451 e. The van der Waals surface area contributed by atoms with E-state index >= 15 is 0 Å². The lowest BCUT2D eigenvalue weighted by Crippen LogP contribution is -2.28. The van der Waals surface area contributed by atoms with Crippen molar-refractivity contribution in [2.24, 2.45) is 0 Å². The van der Waals surface area contributed by atoms with Crippen LogP contribution in [-0.2, 0) is 22.6 Å². The number of fused-ring (bicyclic) bond motifs is 1. The quantitative estimate of drug-likeness (QED) is 0.318. The lowest BCUT2D eigenvalue weighted by molar-refractivity contribution is -0.124. The highest BCUT2D eigenvalue weighted by Crippen LogP contribution is 2.20. The molecule has 1 amide bonds. The van der Waals surface area contributed by atoms with Gasteiger partial charge in [0.1, 0.15) is 0 Å². The van der Waals surface area contributed by atoms with E-state index < -0.39 is 5.97 Å². The number of esters is 1. The van der Waals surface area contributed by atoms with Crippen molar-refractivity contribution in [1.29, 1.82) is 0 Å². The Hall–Kier alpha value is -3.59. The third kappa shape index (κ3) is 4.93. The molecule has 3 heterocycles. The van der Waals surface area contributed by atoms with Crippen LogP contribution in [0.2, 0.25) is 0 Å². The van der Waals surface area contributed by atoms with Gasteiger partial charge in [0, 0.05) is 24.0 Å². The van der Waals surface area contributed by atoms with Crippen LogP contribution in [0.25, 0.3) is 5.52 Å². The molecule has 0 fully saturated rings. The van der Waals surface area contributed by atoms with Gasteiger partial charge in [-0.05, 0) is 37.8 Å². The monoisotopic (exact) mass is 463 g/mol. The van der Waals surface area contributed by atoms with Crippen molar-refractivity contribution < 1.29 is 14.3 Å². The summed E-state index contributed by atoms with van der Waals surface area (Å²) >= 11 is 1.43. The SMILES string of the molecule is CSc1nc(C(=O)OCC(=O)NCc2c(C)nn(Cc3ccccc3)c2C)c2ccccn12. The summed E-state index contributed by atoms with van der Waals surface area (Å²) in [6, 6.07) is 15.6.